The van der Waals surface area contributed by atoms with Crippen LogP contribution in [0.25, 0.3) is 0 Å². The Labute approximate surface area is 144 Å². The summed E-state index contributed by atoms with van der Waals surface area (Å²) in [5, 5.41) is 2.94. The van der Waals surface area contributed by atoms with Gasteiger partial charge in [-0.15, -0.1) is 0 Å². The van der Waals surface area contributed by atoms with Crippen molar-refractivity contribution in [3.8, 4) is 0 Å². The van der Waals surface area contributed by atoms with Crippen LogP contribution in [-0.4, -0.2) is 41.0 Å². The van der Waals surface area contributed by atoms with Gasteiger partial charge in [-0.1, -0.05) is 6.92 Å². The van der Waals surface area contributed by atoms with Gasteiger partial charge in [-0.2, -0.15) is 0 Å². The molecule has 3 rings (SSSR count). The molecule has 23 heavy (non-hydrogen) atoms. The molecule has 1 saturated carbocycles. The van der Waals surface area contributed by atoms with Gasteiger partial charge in [-0.25, -0.2) is 9.69 Å². The number of amides is 3. The molecule has 126 valence electrons. The van der Waals surface area contributed by atoms with Gasteiger partial charge in [0, 0.05) is 0 Å². The Morgan fingerprint density at radius 2 is 2.09 bits per heavy atom. The SMILES string of the molecule is CC1CCC2(CC1)NC(=O)N(CN(C)Cc1ccc(Br)o1)C2=O. The van der Waals surface area contributed by atoms with Crippen LogP contribution in [0.3, 0.4) is 0 Å². The number of furan rings is 1. The lowest BCUT2D eigenvalue weighted by molar-refractivity contribution is -0.134. The van der Waals surface area contributed by atoms with E-state index in [9.17, 15) is 9.59 Å². The average Bonchev–Trinajstić information content (AvgIpc) is 3.00. The number of halogens is 1. The molecular formula is C16H22BrN3O3. The Balaban J connectivity index is 1.63. The molecule has 2 heterocycles. The van der Waals surface area contributed by atoms with Crippen LogP contribution in [0.4, 0.5) is 4.79 Å². The molecule has 1 N–H and O–H groups in total. The maximum atomic E-state index is 12.8. The Bertz CT molecular complexity index is 607. The van der Waals surface area contributed by atoms with Gasteiger partial charge >= 0.3 is 6.03 Å². The fraction of sp³-hybridized carbons (Fsp3) is 0.625. The van der Waals surface area contributed by atoms with Crippen LogP contribution < -0.4 is 5.32 Å². The Hall–Kier alpha value is -1.34. The van der Waals surface area contributed by atoms with Gasteiger partial charge in [0.15, 0.2) is 4.67 Å². The number of nitrogens with one attached hydrogen (secondary N) is 1. The smallest absolute Gasteiger partial charge is 0.326 e. The van der Waals surface area contributed by atoms with E-state index in [-0.39, 0.29) is 18.6 Å². The summed E-state index contributed by atoms with van der Waals surface area (Å²) < 4.78 is 6.14. The highest BCUT2D eigenvalue weighted by atomic mass is 79.9. The third-order valence-electron chi connectivity index (χ3n) is 4.81. The summed E-state index contributed by atoms with van der Waals surface area (Å²) in [6.45, 7) is 2.99. The van der Waals surface area contributed by atoms with Crippen LogP contribution in [0, 0.1) is 5.92 Å². The van der Waals surface area contributed by atoms with Crippen LogP contribution in [0.1, 0.15) is 38.4 Å². The predicted octanol–water partition coefficient (Wildman–Crippen LogP) is 2.93. The Morgan fingerprint density at radius 3 is 2.70 bits per heavy atom. The van der Waals surface area contributed by atoms with Crippen molar-refractivity contribution in [2.45, 2.75) is 44.7 Å². The number of urea groups is 1. The lowest BCUT2D eigenvalue weighted by atomic mass is 9.77. The second-order valence-corrected chi connectivity index (χ2v) is 7.57. The number of imide groups is 1. The van der Waals surface area contributed by atoms with Crippen LogP contribution >= 0.6 is 15.9 Å². The fourth-order valence-electron chi connectivity index (χ4n) is 3.39. The van der Waals surface area contributed by atoms with Gasteiger partial charge in [-0.3, -0.25) is 9.69 Å². The standard InChI is InChI=1S/C16H22BrN3O3/c1-11-5-7-16(8-6-11)14(21)20(15(22)18-16)10-19(2)9-12-3-4-13(17)23-12/h3-4,11H,5-10H2,1-2H3,(H,18,22). The maximum absolute atomic E-state index is 12.8. The fourth-order valence-corrected chi connectivity index (χ4v) is 3.73. The first-order chi connectivity index (χ1) is 10.9. The third kappa shape index (κ3) is 3.30. The normalized spacial score (nSPS) is 28.0. The summed E-state index contributed by atoms with van der Waals surface area (Å²) in [7, 11) is 1.87. The molecule has 0 atom stereocenters. The zero-order valence-corrected chi connectivity index (χ0v) is 15.1. The number of carbonyl (C=O) groups excluding carboxylic acids is 2. The summed E-state index contributed by atoms with van der Waals surface area (Å²) in [5.74, 6) is 1.33. The molecule has 1 aliphatic heterocycles. The molecule has 1 saturated heterocycles. The van der Waals surface area contributed by atoms with E-state index < -0.39 is 5.54 Å². The van der Waals surface area contributed by atoms with Crippen molar-refractivity contribution < 1.29 is 14.0 Å². The topological polar surface area (TPSA) is 65.8 Å². The molecule has 2 fully saturated rings. The molecular weight excluding hydrogens is 362 g/mol. The van der Waals surface area contributed by atoms with E-state index in [4.69, 9.17) is 4.42 Å². The van der Waals surface area contributed by atoms with E-state index in [1.165, 1.54) is 4.90 Å². The van der Waals surface area contributed by atoms with E-state index in [0.29, 0.717) is 17.1 Å². The van der Waals surface area contributed by atoms with Crippen molar-refractivity contribution in [2.24, 2.45) is 5.92 Å². The minimum Gasteiger partial charge on any atom is -0.453 e. The molecule has 3 amide bonds. The van der Waals surface area contributed by atoms with Gasteiger partial charge in [0.05, 0.1) is 13.2 Å². The molecule has 0 radical (unpaired) electrons. The van der Waals surface area contributed by atoms with Gasteiger partial charge in [0.25, 0.3) is 5.91 Å². The van der Waals surface area contributed by atoms with Crippen LogP contribution in [0.5, 0.6) is 0 Å². The molecule has 1 aromatic heterocycles. The van der Waals surface area contributed by atoms with Crippen molar-refractivity contribution in [1.29, 1.82) is 0 Å². The molecule has 1 aliphatic carbocycles. The molecule has 0 bridgehead atoms. The Kier molecular flexibility index (Phi) is 4.51. The van der Waals surface area contributed by atoms with Gasteiger partial charge in [-0.05, 0) is 66.7 Å². The highest BCUT2D eigenvalue weighted by Gasteiger charge is 2.52. The number of hydrogen-bond donors (Lipinski definition) is 1. The lowest BCUT2D eigenvalue weighted by Crippen LogP contribution is -2.49. The van der Waals surface area contributed by atoms with Crippen LogP contribution in [-0.2, 0) is 11.3 Å². The predicted molar refractivity (Wildman–Crippen MR) is 88.5 cm³/mol. The Morgan fingerprint density at radius 1 is 1.39 bits per heavy atom. The summed E-state index contributed by atoms with van der Waals surface area (Å²) >= 11 is 3.27. The quantitative estimate of drug-likeness (QED) is 0.811. The minimum absolute atomic E-state index is 0.0816. The second-order valence-electron chi connectivity index (χ2n) is 6.79. The first-order valence-electron chi connectivity index (χ1n) is 7.96. The largest absolute Gasteiger partial charge is 0.453 e. The zero-order valence-electron chi connectivity index (χ0n) is 13.5. The van der Waals surface area contributed by atoms with Crippen LogP contribution in [0.2, 0.25) is 0 Å². The first kappa shape index (κ1) is 16.5. The van der Waals surface area contributed by atoms with Gasteiger partial charge in [0.2, 0.25) is 0 Å². The summed E-state index contributed by atoms with van der Waals surface area (Å²) in [6, 6.07) is 3.42. The average molecular weight is 384 g/mol. The first-order valence-corrected chi connectivity index (χ1v) is 8.76. The molecule has 1 spiro atoms. The number of rotatable bonds is 4. The van der Waals surface area contributed by atoms with Crippen molar-refractivity contribution in [3.63, 3.8) is 0 Å². The highest BCUT2D eigenvalue weighted by Crippen LogP contribution is 2.36. The molecule has 0 unspecified atom stereocenters. The van der Waals surface area contributed by atoms with Crippen molar-refractivity contribution in [2.75, 3.05) is 13.7 Å². The number of carbonyl (C=O) groups is 2. The molecule has 2 aliphatic rings. The van der Waals surface area contributed by atoms with E-state index in [1.54, 1.807) is 0 Å². The van der Waals surface area contributed by atoms with Gasteiger partial charge < -0.3 is 9.73 Å². The highest BCUT2D eigenvalue weighted by molar-refractivity contribution is 9.10. The number of nitrogens with zero attached hydrogens (tertiary/aromatic N) is 2. The van der Waals surface area contributed by atoms with Crippen LogP contribution in [0.15, 0.2) is 21.2 Å². The molecule has 0 aromatic carbocycles. The monoisotopic (exact) mass is 383 g/mol. The summed E-state index contributed by atoms with van der Waals surface area (Å²) in [4.78, 5) is 28.3. The van der Waals surface area contributed by atoms with Crippen molar-refractivity contribution >= 4 is 27.9 Å². The van der Waals surface area contributed by atoms with Gasteiger partial charge in [0.1, 0.15) is 11.3 Å². The molecule has 1 aromatic rings. The molecule has 7 heteroatoms. The van der Waals surface area contributed by atoms with Crippen molar-refractivity contribution in [1.82, 2.24) is 15.1 Å². The summed E-state index contributed by atoms with van der Waals surface area (Å²) in [6.07, 6.45) is 3.44. The zero-order chi connectivity index (χ0) is 16.6. The van der Waals surface area contributed by atoms with E-state index >= 15 is 0 Å². The third-order valence-corrected chi connectivity index (χ3v) is 5.24. The molecule has 6 nitrogen and oxygen atoms in total. The van der Waals surface area contributed by atoms with E-state index in [0.717, 1.165) is 31.4 Å². The maximum Gasteiger partial charge on any atom is 0.326 e. The lowest BCUT2D eigenvalue weighted by Gasteiger charge is -2.33. The number of hydrogen-bond acceptors (Lipinski definition) is 4. The summed E-state index contributed by atoms with van der Waals surface area (Å²) in [5.41, 5.74) is -0.669. The van der Waals surface area contributed by atoms with E-state index in [2.05, 4.69) is 28.2 Å². The van der Waals surface area contributed by atoms with Crippen molar-refractivity contribution in [3.05, 3.63) is 22.6 Å². The minimum atomic E-state index is -0.669. The van der Waals surface area contributed by atoms with E-state index in [1.807, 2.05) is 24.1 Å². The second kappa shape index (κ2) is 6.28.